The molecule has 1 saturated heterocycles. The predicted octanol–water partition coefficient (Wildman–Crippen LogP) is 4.09. The molecule has 176 valence electrons. The molecule has 2 N–H and O–H groups in total. The minimum absolute atomic E-state index is 0.371. The van der Waals surface area contributed by atoms with Gasteiger partial charge in [0.05, 0.1) is 7.11 Å². The van der Waals surface area contributed by atoms with Crippen molar-refractivity contribution in [3.8, 4) is 5.75 Å². The van der Waals surface area contributed by atoms with E-state index in [0.29, 0.717) is 17.0 Å². The number of methoxy groups -OCH3 is 1. The topological polar surface area (TPSA) is 77.9 Å². The number of ether oxygens (including phenoxy) is 1. The molecule has 1 aliphatic heterocycles. The van der Waals surface area contributed by atoms with Gasteiger partial charge in [-0.15, -0.1) is 0 Å². The SMILES string of the molecule is COc1ccc(N2CCN(/C(=N\C(=S)Nc3ccccc3)Nc3nc(C)cc(C)n3)CC2)cc1. The highest BCUT2D eigenvalue weighted by molar-refractivity contribution is 7.80. The fourth-order valence-electron chi connectivity index (χ4n) is 3.80. The number of para-hydroxylation sites is 1. The molecule has 0 unspecified atom stereocenters. The standard InChI is InChI=1S/C25H29N7OS/c1-18-17-19(2)27-23(26-18)29-24(30-25(34)28-20-7-5-4-6-8-20)32-15-13-31(14-16-32)21-9-11-22(33-3)12-10-21/h4-12,17H,13-16H2,1-3H3,(H2,26,27,28,29,30,34). The highest BCUT2D eigenvalue weighted by Crippen LogP contribution is 2.21. The van der Waals surface area contributed by atoms with Crippen molar-refractivity contribution in [1.82, 2.24) is 14.9 Å². The van der Waals surface area contributed by atoms with Crippen molar-refractivity contribution in [3.63, 3.8) is 0 Å². The third-order valence-electron chi connectivity index (χ3n) is 5.46. The third-order valence-corrected chi connectivity index (χ3v) is 5.65. The van der Waals surface area contributed by atoms with Crippen molar-refractivity contribution in [2.75, 3.05) is 48.8 Å². The van der Waals surface area contributed by atoms with Crippen LogP contribution in [0.1, 0.15) is 11.4 Å². The molecule has 8 nitrogen and oxygen atoms in total. The molecule has 34 heavy (non-hydrogen) atoms. The van der Waals surface area contributed by atoms with Crippen molar-refractivity contribution >= 4 is 40.6 Å². The number of hydrogen-bond acceptors (Lipinski definition) is 5. The average Bonchev–Trinajstić information content (AvgIpc) is 2.84. The van der Waals surface area contributed by atoms with E-state index in [9.17, 15) is 0 Å². The maximum Gasteiger partial charge on any atom is 0.229 e. The Morgan fingerprint density at radius 1 is 0.912 bits per heavy atom. The zero-order chi connectivity index (χ0) is 23.9. The molecule has 0 aliphatic carbocycles. The van der Waals surface area contributed by atoms with E-state index in [1.54, 1.807) is 7.11 Å². The van der Waals surface area contributed by atoms with E-state index in [4.69, 9.17) is 21.9 Å². The lowest BCUT2D eigenvalue weighted by atomic mass is 10.2. The molecule has 3 aromatic rings. The van der Waals surface area contributed by atoms with Crippen LogP contribution in [-0.2, 0) is 0 Å². The first-order valence-electron chi connectivity index (χ1n) is 11.2. The van der Waals surface area contributed by atoms with Gasteiger partial charge in [-0.25, -0.2) is 9.97 Å². The van der Waals surface area contributed by atoms with E-state index in [1.807, 2.05) is 62.4 Å². The number of thiocarbonyl (C=S) groups is 1. The summed E-state index contributed by atoms with van der Waals surface area (Å²) in [6, 6.07) is 19.9. The van der Waals surface area contributed by atoms with Crippen LogP contribution >= 0.6 is 12.2 Å². The fourth-order valence-corrected chi connectivity index (χ4v) is 4.00. The third kappa shape index (κ3) is 6.20. The molecule has 1 aliphatic rings. The lowest BCUT2D eigenvalue weighted by molar-refractivity contribution is 0.385. The number of hydrogen-bond donors (Lipinski definition) is 2. The molecule has 2 heterocycles. The first kappa shape index (κ1) is 23.4. The second kappa shape index (κ2) is 10.9. The number of nitrogens with one attached hydrogen (secondary N) is 2. The summed E-state index contributed by atoms with van der Waals surface area (Å²) >= 11 is 5.54. The fraction of sp³-hybridized carbons (Fsp3) is 0.280. The van der Waals surface area contributed by atoms with E-state index in [1.165, 1.54) is 5.69 Å². The number of aromatic nitrogens is 2. The molecule has 9 heteroatoms. The molecule has 0 amide bonds. The smallest absolute Gasteiger partial charge is 0.229 e. The van der Waals surface area contributed by atoms with Crippen LogP contribution in [0.4, 0.5) is 17.3 Å². The second-order valence-electron chi connectivity index (χ2n) is 8.00. The van der Waals surface area contributed by atoms with Crippen molar-refractivity contribution < 1.29 is 4.74 Å². The van der Waals surface area contributed by atoms with Crippen molar-refractivity contribution in [1.29, 1.82) is 0 Å². The van der Waals surface area contributed by atoms with Gasteiger partial charge in [0.15, 0.2) is 0 Å². The van der Waals surface area contributed by atoms with Gasteiger partial charge in [0, 0.05) is 48.9 Å². The molecular formula is C25H29N7OS. The maximum atomic E-state index is 5.54. The second-order valence-corrected chi connectivity index (χ2v) is 8.39. The van der Waals surface area contributed by atoms with Gasteiger partial charge in [0.2, 0.25) is 17.0 Å². The van der Waals surface area contributed by atoms with Gasteiger partial charge in [-0.2, -0.15) is 4.99 Å². The number of aliphatic imine (C=N–C) groups is 1. The molecule has 0 atom stereocenters. The Kier molecular flexibility index (Phi) is 7.54. The Balaban J connectivity index is 1.50. The number of guanidine groups is 1. The summed E-state index contributed by atoms with van der Waals surface area (Å²) in [5.41, 5.74) is 3.85. The quantitative estimate of drug-likeness (QED) is 0.332. The first-order valence-corrected chi connectivity index (χ1v) is 11.6. The van der Waals surface area contributed by atoms with Crippen LogP contribution in [0.15, 0.2) is 65.7 Å². The Labute approximate surface area is 205 Å². The van der Waals surface area contributed by atoms with Gasteiger partial charge in [-0.05, 0) is 68.5 Å². The van der Waals surface area contributed by atoms with Crippen LogP contribution in [0.25, 0.3) is 0 Å². The molecule has 2 aromatic carbocycles. The van der Waals surface area contributed by atoms with E-state index >= 15 is 0 Å². The predicted molar refractivity (Wildman–Crippen MR) is 142 cm³/mol. The van der Waals surface area contributed by atoms with Gasteiger partial charge in [0.25, 0.3) is 0 Å². The number of nitrogens with zero attached hydrogens (tertiary/aromatic N) is 5. The zero-order valence-electron chi connectivity index (χ0n) is 19.7. The summed E-state index contributed by atoms with van der Waals surface area (Å²) in [6.07, 6.45) is 0. The van der Waals surface area contributed by atoms with Crippen LogP contribution in [-0.4, -0.2) is 59.2 Å². The lowest BCUT2D eigenvalue weighted by Gasteiger charge is -2.37. The Morgan fingerprint density at radius 3 is 2.18 bits per heavy atom. The van der Waals surface area contributed by atoms with E-state index in [2.05, 4.69) is 42.5 Å². The average molecular weight is 476 g/mol. The largest absolute Gasteiger partial charge is 0.497 e. The zero-order valence-corrected chi connectivity index (χ0v) is 20.5. The van der Waals surface area contributed by atoms with Gasteiger partial charge in [-0.1, -0.05) is 18.2 Å². The first-order chi connectivity index (χ1) is 16.5. The van der Waals surface area contributed by atoms with Crippen molar-refractivity contribution in [2.45, 2.75) is 13.8 Å². The number of benzene rings is 2. The van der Waals surface area contributed by atoms with Gasteiger partial charge < -0.3 is 19.9 Å². The molecule has 4 rings (SSSR count). The Morgan fingerprint density at radius 2 is 1.56 bits per heavy atom. The summed E-state index contributed by atoms with van der Waals surface area (Å²) in [6.45, 7) is 7.14. The van der Waals surface area contributed by atoms with Crippen LogP contribution in [0.3, 0.4) is 0 Å². The van der Waals surface area contributed by atoms with Gasteiger partial charge in [-0.3, -0.25) is 5.32 Å². The summed E-state index contributed by atoms with van der Waals surface area (Å²) < 4.78 is 5.28. The molecule has 1 aromatic heterocycles. The molecule has 0 radical (unpaired) electrons. The van der Waals surface area contributed by atoms with Crippen LogP contribution in [0.2, 0.25) is 0 Å². The molecule has 0 bridgehead atoms. The normalized spacial score (nSPS) is 14.0. The van der Waals surface area contributed by atoms with Crippen LogP contribution in [0.5, 0.6) is 5.75 Å². The van der Waals surface area contributed by atoms with E-state index in [0.717, 1.165) is 49.0 Å². The Hall–Kier alpha value is -3.72. The summed E-state index contributed by atoms with van der Waals surface area (Å²) in [7, 11) is 1.68. The molecule has 0 spiro atoms. The molecular weight excluding hydrogens is 446 g/mol. The van der Waals surface area contributed by atoms with Crippen molar-refractivity contribution in [2.24, 2.45) is 4.99 Å². The molecule has 0 saturated carbocycles. The highest BCUT2D eigenvalue weighted by atomic mass is 32.1. The highest BCUT2D eigenvalue weighted by Gasteiger charge is 2.21. The minimum atomic E-state index is 0.371. The van der Waals surface area contributed by atoms with Crippen LogP contribution < -0.4 is 20.3 Å². The maximum absolute atomic E-state index is 5.54. The number of piperazine rings is 1. The minimum Gasteiger partial charge on any atom is -0.497 e. The number of rotatable bonds is 4. The van der Waals surface area contributed by atoms with E-state index < -0.39 is 0 Å². The lowest BCUT2D eigenvalue weighted by Crippen LogP contribution is -2.51. The summed E-state index contributed by atoms with van der Waals surface area (Å²) in [5.74, 6) is 2.00. The van der Waals surface area contributed by atoms with Gasteiger partial charge >= 0.3 is 0 Å². The number of anilines is 3. The Bertz CT molecular complexity index is 1120. The van der Waals surface area contributed by atoms with Crippen LogP contribution in [0, 0.1) is 13.8 Å². The van der Waals surface area contributed by atoms with Crippen molar-refractivity contribution in [3.05, 3.63) is 72.1 Å². The molecule has 1 fully saturated rings. The van der Waals surface area contributed by atoms with Gasteiger partial charge in [0.1, 0.15) is 5.75 Å². The summed E-state index contributed by atoms with van der Waals surface area (Å²) in [5, 5.41) is 6.86. The number of aryl methyl sites for hydroxylation is 2. The monoisotopic (exact) mass is 475 g/mol. The van der Waals surface area contributed by atoms with E-state index in [-0.39, 0.29) is 0 Å². The summed E-state index contributed by atoms with van der Waals surface area (Å²) in [4.78, 5) is 18.3.